The van der Waals surface area contributed by atoms with Crippen LogP contribution < -0.4 is 0 Å². The van der Waals surface area contributed by atoms with Gasteiger partial charge in [-0.1, -0.05) is 13.8 Å². The van der Waals surface area contributed by atoms with Crippen LogP contribution in [0.5, 0.6) is 0 Å². The molecule has 1 aliphatic carbocycles. The molecule has 0 aromatic carbocycles. The number of nitriles is 1. The summed E-state index contributed by atoms with van der Waals surface area (Å²) < 4.78 is 10.3. The van der Waals surface area contributed by atoms with E-state index in [-0.39, 0.29) is 4.75 Å². The van der Waals surface area contributed by atoms with Gasteiger partial charge >= 0.3 is 0 Å². The van der Waals surface area contributed by atoms with Crippen molar-refractivity contribution in [2.75, 3.05) is 14.2 Å². The molecule has 1 fully saturated rings. The van der Waals surface area contributed by atoms with Crippen molar-refractivity contribution in [1.29, 1.82) is 5.26 Å². The zero-order valence-electron chi connectivity index (χ0n) is 9.87. The first-order valence-corrected chi connectivity index (χ1v) is 6.12. The number of ether oxygens (including phenoxy) is 2. The van der Waals surface area contributed by atoms with Gasteiger partial charge in [-0.2, -0.15) is 5.26 Å². The highest BCUT2D eigenvalue weighted by molar-refractivity contribution is 8.01. The minimum Gasteiger partial charge on any atom is -0.353 e. The van der Waals surface area contributed by atoms with Crippen LogP contribution in [0.25, 0.3) is 0 Å². The van der Waals surface area contributed by atoms with Crippen LogP contribution in [-0.2, 0) is 9.47 Å². The summed E-state index contributed by atoms with van der Waals surface area (Å²) in [5.41, 5.74) is 0. The van der Waals surface area contributed by atoms with E-state index in [9.17, 15) is 5.26 Å². The van der Waals surface area contributed by atoms with Gasteiger partial charge in [-0.25, -0.2) is 0 Å². The average Bonchev–Trinajstić information content (AvgIpc) is 2.22. The molecule has 1 atom stereocenters. The normalized spacial score (nSPS) is 23.9. The third-order valence-corrected chi connectivity index (χ3v) is 4.63. The van der Waals surface area contributed by atoms with Gasteiger partial charge in [0, 0.05) is 32.3 Å². The first kappa shape index (κ1) is 12.8. The number of hydrogen-bond donors (Lipinski definition) is 0. The summed E-state index contributed by atoms with van der Waals surface area (Å²) in [5.74, 6) is -0.518. The zero-order valence-corrected chi connectivity index (χ0v) is 10.7. The van der Waals surface area contributed by atoms with E-state index in [1.807, 2.05) is 0 Å². The van der Waals surface area contributed by atoms with Gasteiger partial charge in [-0.3, -0.25) is 0 Å². The van der Waals surface area contributed by atoms with Crippen molar-refractivity contribution < 1.29 is 9.47 Å². The van der Waals surface area contributed by atoms with E-state index >= 15 is 0 Å². The molecule has 0 aliphatic heterocycles. The lowest BCUT2D eigenvalue weighted by Crippen LogP contribution is -2.56. The predicted octanol–water partition coefficient (Wildman–Crippen LogP) is 2.56. The maximum Gasteiger partial charge on any atom is 0.172 e. The molecular formula is C11H19NO2S. The molecule has 4 heteroatoms. The molecule has 0 aromatic rings. The van der Waals surface area contributed by atoms with Crippen LogP contribution in [0, 0.1) is 11.3 Å². The Morgan fingerprint density at radius 3 is 2.27 bits per heavy atom. The fraction of sp³-hybridized carbons (Fsp3) is 0.909. The lowest BCUT2D eigenvalue weighted by molar-refractivity contribution is -0.255. The van der Waals surface area contributed by atoms with E-state index < -0.39 is 5.79 Å². The van der Waals surface area contributed by atoms with Crippen molar-refractivity contribution in [3.63, 3.8) is 0 Å². The lowest BCUT2D eigenvalue weighted by Gasteiger charge is -2.50. The maximum atomic E-state index is 9.22. The molecule has 1 unspecified atom stereocenters. The predicted molar refractivity (Wildman–Crippen MR) is 61.7 cm³/mol. The molecule has 0 radical (unpaired) electrons. The standard InChI is InChI=1S/C11H19NO2S/c1-5-9(2)15-10(8-12)6-11(7-10,13-3)14-4/h9H,5-7H2,1-4H3. The first-order valence-electron chi connectivity index (χ1n) is 5.25. The number of rotatable bonds is 5. The van der Waals surface area contributed by atoms with Gasteiger partial charge < -0.3 is 9.47 Å². The molecule has 15 heavy (non-hydrogen) atoms. The molecule has 0 heterocycles. The number of nitrogens with zero attached hydrogens (tertiary/aromatic N) is 1. The Morgan fingerprint density at radius 2 is 1.93 bits per heavy atom. The van der Waals surface area contributed by atoms with Crippen molar-refractivity contribution >= 4 is 11.8 Å². The van der Waals surface area contributed by atoms with Crippen molar-refractivity contribution in [3.05, 3.63) is 0 Å². The van der Waals surface area contributed by atoms with Crippen LogP contribution in [0.3, 0.4) is 0 Å². The average molecular weight is 229 g/mol. The molecule has 0 spiro atoms. The largest absolute Gasteiger partial charge is 0.353 e. The Hall–Kier alpha value is -0.240. The van der Waals surface area contributed by atoms with Gasteiger partial charge in [0.2, 0.25) is 0 Å². The summed E-state index contributed by atoms with van der Waals surface area (Å²) in [5, 5.41) is 9.73. The minimum atomic E-state index is -0.518. The Morgan fingerprint density at radius 1 is 1.40 bits per heavy atom. The van der Waals surface area contributed by atoms with E-state index in [1.54, 1.807) is 26.0 Å². The fourth-order valence-electron chi connectivity index (χ4n) is 1.85. The quantitative estimate of drug-likeness (QED) is 0.679. The number of methoxy groups -OCH3 is 2. The molecule has 1 rings (SSSR count). The van der Waals surface area contributed by atoms with Crippen molar-refractivity contribution in [2.45, 2.75) is 48.9 Å². The van der Waals surface area contributed by atoms with E-state index in [2.05, 4.69) is 19.9 Å². The fourth-order valence-corrected chi connectivity index (χ4v) is 3.44. The van der Waals surface area contributed by atoms with E-state index in [0.717, 1.165) is 6.42 Å². The summed E-state index contributed by atoms with van der Waals surface area (Å²) in [7, 11) is 3.28. The lowest BCUT2D eigenvalue weighted by atomic mass is 9.78. The molecule has 86 valence electrons. The molecule has 0 aromatic heterocycles. The van der Waals surface area contributed by atoms with Crippen LogP contribution >= 0.6 is 11.8 Å². The van der Waals surface area contributed by atoms with Crippen molar-refractivity contribution in [3.8, 4) is 6.07 Å². The Kier molecular flexibility index (Phi) is 4.05. The third-order valence-electron chi connectivity index (χ3n) is 3.06. The summed E-state index contributed by atoms with van der Waals surface area (Å²) in [6, 6.07) is 2.41. The summed E-state index contributed by atoms with van der Waals surface area (Å²) in [4.78, 5) is 0. The van der Waals surface area contributed by atoms with Gasteiger partial charge in [0.25, 0.3) is 0 Å². The Labute approximate surface area is 96.1 Å². The minimum absolute atomic E-state index is 0.304. The molecular weight excluding hydrogens is 210 g/mol. The van der Waals surface area contributed by atoms with Gasteiger partial charge in [-0.15, -0.1) is 11.8 Å². The molecule has 0 bridgehead atoms. The maximum absolute atomic E-state index is 9.22. The zero-order chi connectivity index (χ0) is 11.5. The molecule has 0 N–H and O–H groups in total. The second-order valence-corrected chi connectivity index (χ2v) is 5.94. The first-order chi connectivity index (χ1) is 7.05. The molecule has 1 aliphatic rings. The highest BCUT2D eigenvalue weighted by Crippen LogP contribution is 2.53. The second-order valence-electron chi connectivity index (χ2n) is 4.12. The van der Waals surface area contributed by atoms with Crippen LogP contribution in [0.1, 0.15) is 33.1 Å². The topological polar surface area (TPSA) is 42.2 Å². The third kappa shape index (κ3) is 2.47. The molecule has 0 amide bonds. The van der Waals surface area contributed by atoms with Gasteiger partial charge in [0.05, 0.1) is 6.07 Å². The van der Waals surface area contributed by atoms with Gasteiger partial charge in [-0.05, 0) is 6.42 Å². The Balaban J connectivity index is 2.59. The van der Waals surface area contributed by atoms with E-state index in [1.165, 1.54) is 0 Å². The number of hydrogen-bond acceptors (Lipinski definition) is 4. The second kappa shape index (κ2) is 4.73. The van der Waals surface area contributed by atoms with Gasteiger partial charge in [0.1, 0.15) is 4.75 Å². The highest BCUT2D eigenvalue weighted by Gasteiger charge is 2.57. The Bertz CT molecular complexity index is 250. The molecule has 1 saturated carbocycles. The van der Waals surface area contributed by atoms with Crippen LogP contribution in [-0.4, -0.2) is 30.0 Å². The molecule has 0 saturated heterocycles. The highest BCUT2D eigenvalue weighted by atomic mass is 32.2. The summed E-state index contributed by atoms with van der Waals surface area (Å²) >= 11 is 1.75. The van der Waals surface area contributed by atoms with Crippen molar-refractivity contribution in [2.24, 2.45) is 0 Å². The van der Waals surface area contributed by atoms with E-state index in [4.69, 9.17) is 9.47 Å². The van der Waals surface area contributed by atoms with Crippen molar-refractivity contribution in [1.82, 2.24) is 0 Å². The smallest absolute Gasteiger partial charge is 0.172 e. The van der Waals surface area contributed by atoms with Crippen LogP contribution in [0.2, 0.25) is 0 Å². The number of thioether (sulfide) groups is 1. The monoisotopic (exact) mass is 229 g/mol. The van der Waals surface area contributed by atoms with E-state index in [0.29, 0.717) is 18.1 Å². The summed E-state index contributed by atoms with van der Waals surface area (Å²) in [6.07, 6.45) is 2.41. The summed E-state index contributed by atoms with van der Waals surface area (Å²) in [6.45, 7) is 4.30. The molecule has 3 nitrogen and oxygen atoms in total. The SMILES string of the molecule is CCC(C)SC1(C#N)CC(OC)(OC)C1. The van der Waals surface area contributed by atoms with Crippen LogP contribution in [0.15, 0.2) is 0 Å². The van der Waals surface area contributed by atoms with Gasteiger partial charge in [0.15, 0.2) is 5.79 Å². The van der Waals surface area contributed by atoms with Crippen LogP contribution in [0.4, 0.5) is 0 Å².